The van der Waals surface area contributed by atoms with Crippen molar-refractivity contribution in [1.29, 1.82) is 0 Å². The summed E-state index contributed by atoms with van der Waals surface area (Å²) in [7, 11) is 0. The van der Waals surface area contributed by atoms with Gasteiger partial charge in [-0.3, -0.25) is 9.67 Å². The molecule has 0 radical (unpaired) electrons. The van der Waals surface area contributed by atoms with Crippen LogP contribution in [0.4, 0.5) is 0 Å². The largest absolute Gasteiger partial charge is 0.381 e. The number of hydrogen-bond acceptors (Lipinski definition) is 3. The smallest absolute Gasteiger partial charge is 0.195 e. The zero-order valence-electron chi connectivity index (χ0n) is 11.6. The Balaban J connectivity index is 1.94. The van der Waals surface area contributed by atoms with Gasteiger partial charge in [0.1, 0.15) is 0 Å². The monoisotopic (exact) mass is 289 g/mol. The van der Waals surface area contributed by atoms with E-state index in [0.717, 1.165) is 44.0 Å². The molecule has 1 aliphatic heterocycles. The number of nitrogens with one attached hydrogen (secondary N) is 1. The summed E-state index contributed by atoms with van der Waals surface area (Å²) in [4.78, 5) is 0. The minimum atomic E-state index is 0.226. The molecule has 106 valence electrons. The maximum atomic E-state index is 5.47. The number of rotatable bonds is 3. The van der Waals surface area contributed by atoms with Crippen molar-refractivity contribution in [3.63, 3.8) is 0 Å². The molecule has 0 unspecified atom stereocenters. The molecule has 1 aromatic heterocycles. The third-order valence-electron chi connectivity index (χ3n) is 4.03. The summed E-state index contributed by atoms with van der Waals surface area (Å²) in [6.45, 7) is 4.86. The van der Waals surface area contributed by atoms with E-state index in [-0.39, 0.29) is 5.41 Å². The Bertz CT molecular complexity index is 626. The maximum absolute atomic E-state index is 5.47. The first-order chi connectivity index (χ1) is 9.68. The highest BCUT2D eigenvalue weighted by Gasteiger charge is 2.29. The van der Waals surface area contributed by atoms with Crippen LogP contribution in [0.5, 0.6) is 0 Å². The van der Waals surface area contributed by atoms with Gasteiger partial charge < -0.3 is 4.74 Å². The molecular weight excluding hydrogens is 270 g/mol. The van der Waals surface area contributed by atoms with Crippen LogP contribution in [0, 0.1) is 10.2 Å². The van der Waals surface area contributed by atoms with Crippen molar-refractivity contribution in [2.24, 2.45) is 5.41 Å². The van der Waals surface area contributed by atoms with Gasteiger partial charge in [0, 0.05) is 25.3 Å². The summed E-state index contributed by atoms with van der Waals surface area (Å²) in [6.07, 6.45) is 2.13. The normalized spacial score (nSPS) is 18.1. The highest BCUT2D eigenvalue weighted by atomic mass is 32.1. The first kappa shape index (κ1) is 13.5. The van der Waals surface area contributed by atoms with Crippen molar-refractivity contribution in [3.05, 3.63) is 35.1 Å². The molecule has 4 nitrogen and oxygen atoms in total. The average Bonchev–Trinajstić information content (AvgIpc) is 2.81. The number of benzene rings is 1. The highest BCUT2D eigenvalue weighted by Crippen LogP contribution is 2.33. The van der Waals surface area contributed by atoms with Crippen LogP contribution in [0.15, 0.2) is 30.3 Å². The lowest BCUT2D eigenvalue weighted by Gasteiger charge is -2.34. The minimum absolute atomic E-state index is 0.226. The van der Waals surface area contributed by atoms with Crippen molar-refractivity contribution < 1.29 is 4.74 Å². The quantitative estimate of drug-likeness (QED) is 0.880. The maximum Gasteiger partial charge on any atom is 0.195 e. The summed E-state index contributed by atoms with van der Waals surface area (Å²) in [5.74, 6) is 0.920. The van der Waals surface area contributed by atoms with E-state index in [1.807, 2.05) is 18.2 Å². The van der Waals surface area contributed by atoms with Gasteiger partial charge in [-0.1, -0.05) is 37.3 Å². The Morgan fingerprint density at radius 2 is 2.00 bits per heavy atom. The van der Waals surface area contributed by atoms with E-state index in [4.69, 9.17) is 17.0 Å². The number of H-pyrrole nitrogens is 1. The van der Waals surface area contributed by atoms with Gasteiger partial charge in [0.05, 0.1) is 0 Å². The number of ether oxygens (including phenoxy) is 1. The number of aromatic amines is 1. The molecule has 1 N–H and O–H groups in total. The molecule has 0 spiro atoms. The van der Waals surface area contributed by atoms with Gasteiger partial charge in [-0.25, -0.2) is 0 Å². The van der Waals surface area contributed by atoms with Crippen LogP contribution in [-0.4, -0.2) is 28.0 Å². The van der Waals surface area contributed by atoms with Crippen LogP contribution in [0.25, 0.3) is 11.4 Å². The molecule has 0 amide bonds. The van der Waals surface area contributed by atoms with Gasteiger partial charge >= 0.3 is 0 Å². The lowest BCUT2D eigenvalue weighted by atomic mass is 9.82. The van der Waals surface area contributed by atoms with Gasteiger partial charge in [0.25, 0.3) is 0 Å². The van der Waals surface area contributed by atoms with E-state index in [1.54, 1.807) is 0 Å². The topological polar surface area (TPSA) is 42.8 Å². The lowest BCUT2D eigenvalue weighted by Crippen LogP contribution is -2.31. The van der Waals surface area contributed by atoms with Crippen LogP contribution in [-0.2, 0) is 11.3 Å². The molecule has 1 saturated heterocycles. The molecule has 0 aliphatic carbocycles. The van der Waals surface area contributed by atoms with Crippen LogP contribution >= 0.6 is 12.2 Å². The fraction of sp³-hybridized carbons (Fsp3) is 0.467. The van der Waals surface area contributed by atoms with Gasteiger partial charge in [-0.15, -0.1) is 0 Å². The molecule has 20 heavy (non-hydrogen) atoms. The Labute approximate surface area is 123 Å². The molecule has 0 atom stereocenters. The summed E-state index contributed by atoms with van der Waals surface area (Å²) < 4.78 is 8.28. The minimum Gasteiger partial charge on any atom is -0.381 e. The summed E-state index contributed by atoms with van der Waals surface area (Å²) in [5.41, 5.74) is 1.32. The van der Waals surface area contributed by atoms with Crippen molar-refractivity contribution in [3.8, 4) is 11.4 Å². The van der Waals surface area contributed by atoms with E-state index in [1.165, 1.54) is 0 Å². The summed E-state index contributed by atoms with van der Waals surface area (Å²) in [6, 6.07) is 10.2. The van der Waals surface area contributed by atoms with Gasteiger partial charge in [-0.2, -0.15) is 5.10 Å². The van der Waals surface area contributed by atoms with E-state index < -0.39 is 0 Å². The molecule has 1 fully saturated rings. The lowest BCUT2D eigenvalue weighted by molar-refractivity contribution is 0.0155. The van der Waals surface area contributed by atoms with Crippen LogP contribution in [0.2, 0.25) is 0 Å². The molecule has 3 rings (SSSR count). The van der Waals surface area contributed by atoms with E-state index in [9.17, 15) is 0 Å². The van der Waals surface area contributed by atoms with E-state index >= 15 is 0 Å². The van der Waals surface area contributed by atoms with Crippen molar-refractivity contribution in [2.75, 3.05) is 13.2 Å². The molecule has 1 aromatic carbocycles. The van der Waals surface area contributed by atoms with Crippen LogP contribution in [0.3, 0.4) is 0 Å². The zero-order valence-corrected chi connectivity index (χ0v) is 12.4. The molecule has 5 heteroatoms. The summed E-state index contributed by atoms with van der Waals surface area (Å²) in [5, 5.41) is 7.32. The number of hydrogen-bond donors (Lipinski definition) is 1. The predicted molar refractivity (Wildman–Crippen MR) is 81.0 cm³/mol. The molecule has 0 saturated carbocycles. The standard InChI is InChI=1S/C15H19N3OS/c1-15(7-9-19-10-8-15)11-18-13(16-17-14(18)20)12-5-3-2-4-6-12/h2-6H,7-11H2,1H3,(H,17,20). The molecule has 1 aliphatic rings. The third kappa shape index (κ3) is 2.69. The molecular formula is C15H19N3OS. The van der Waals surface area contributed by atoms with Gasteiger partial charge in [0.15, 0.2) is 10.6 Å². The van der Waals surface area contributed by atoms with Crippen molar-refractivity contribution in [1.82, 2.24) is 14.8 Å². The fourth-order valence-electron chi connectivity index (χ4n) is 2.68. The highest BCUT2D eigenvalue weighted by molar-refractivity contribution is 7.71. The molecule has 0 bridgehead atoms. The number of nitrogens with zero attached hydrogens (tertiary/aromatic N) is 2. The van der Waals surface area contributed by atoms with E-state index in [0.29, 0.717) is 4.77 Å². The summed E-state index contributed by atoms with van der Waals surface area (Å²) >= 11 is 5.40. The van der Waals surface area contributed by atoms with Crippen molar-refractivity contribution >= 4 is 12.2 Å². The SMILES string of the molecule is CC1(Cn2c(-c3ccccc3)n[nH]c2=S)CCOCC1. The Kier molecular flexibility index (Phi) is 3.72. The third-order valence-corrected chi connectivity index (χ3v) is 4.34. The van der Waals surface area contributed by atoms with Gasteiger partial charge in [0.2, 0.25) is 0 Å². The van der Waals surface area contributed by atoms with Crippen LogP contribution < -0.4 is 0 Å². The molecule has 2 heterocycles. The number of aromatic nitrogens is 3. The van der Waals surface area contributed by atoms with Crippen LogP contribution in [0.1, 0.15) is 19.8 Å². The Morgan fingerprint density at radius 1 is 1.30 bits per heavy atom. The second-order valence-corrected chi connectivity index (χ2v) is 6.11. The second kappa shape index (κ2) is 5.50. The zero-order chi connectivity index (χ0) is 14.0. The first-order valence-corrected chi connectivity index (χ1v) is 7.37. The Hall–Kier alpha value is -1.46. The first-order valence-electron chi connectivity index (χ1n) is 6.96. The Morgan fingerprint density at radius 3 is 2.70 bits per heavy atom. The van der Waals surface area contributed by atoms with Crippen molar-refractivity contribution in [2.45, 2.75) is 26.3 Å². The predicted octanol–water partition coefficient (Wildman–Crippen LogP) is 3.42. The van der Waals surface area contributed by atoms with Gasteiger partial charge in [-0.05, 0) is 30.5 Å². The van der Waals surface area contributed by atoms with E-state index in [2.05, 4.69) is 33.8 Å². The second-order valence-electron chi connectivity index (χ2n) is 5.73. The fourth-order valence-corrected chi connectivity index (χ4v) is 2.87. The molecule has 2 aromatic rings. The average molecular weight is 289 g/mol.